The Labute approximate surface area is 93.5 Å². The number of benzene rings is 2. The van der Waals surface area contributed by atoms with Crippen LogP contribution in [0, 0.1) is 0 Å². The molecular weight excluding hydrogens is 198 g/mol. The summed E-state index contributed by atoms with van der Waals surface area (Å²) in [4.78, 5) is 0. The minimum absolute atomic E-state index is 0.771. The molecule has 0 aliphatic heterocycles. The third kappa shape index (κ3) is 1.65. The number of hydrogen-bond donors (Lipinski definition) is 1. The number of fused-ring (bicyclic) bond motifs is 1. The summed E-state index contributed by atoms with van der Waals surface area (Å²) in [7, 11) is 0. The highest BCUT2D eigenvalue weighted by Gasteiger charge is 2.01. The normalized spacial score (nSPS) is 10.5. The van der Waals surface area contributed by atoms with Crippen molar-refractivity contribution in [1.82, 2.24) is 0 Å². The van der Waals surface area contributed by atoms with Gasteiger partial charge in [0.25, 0.3) is 0 Å². The van der Waals surface area contributed by atoms with Crippen molar-refractivity contribution in [3.05, 3.63) is 60.7 Å². The number of para-hydroxylation sites is 2. The molecule has 1 N–H and O–H groups in total. The lowest BCUT2D eigenvalue weighted by atomic mass is 10.2. The zero-order valence-electron chi connectivity index (χ0n) is 8.68. The van der Waals surface area contributed by atoms with Crippen LogP contribution in [-0.4, -0.2) is 0 Å². The second-order valence-corrected chi connectivity index (χ2v) is 3.64. The van der Waals surface area contributed by atoms with Crippen molar-refractivity contribution in [2.24, 2.45) is 0 Å². The van der Waals surface area contributed by atoms with Gasteiger partial charge in [-0.3, -0.25) is 0 Å². The summed E-state index contributed by atoms with van der Waals surface area (Å²) in [6.45, 7) is 0. The van der Waals surface area contributed by atoms with Crippen LogP contribution in [0.15, 0.2) is 65.1 Å². The molecule has 1 heterocycles. The number of rotatable bonds is 2. The molecule has 2 nitrogen and oxygen atoms in total. The molecule has 0 saturated carbocycles. The molecule has 2 aromatic carbocycles. The van der Waals surface area contributed by atoms with Crippen molar-refractivity contribution in [2.45, 2.75) is 0 Å². The molecule has 0 aliphatic carbocycles. The average Bonchev–Trinajstić information content (AvgIpc) is 2.72. The predicted molar refractivity (Wildman–Crippen MR) is 65.9 cm³/mol. The Morgan fingerprint density at radius 3 is 2.38 bits per heavy atom. The third-order valence-electron chi connectivity index (χ3n) is 2.47. The number of nitrogens with one attached hydrogen (secondary N) is 1. The van der Waals surface area contributed by atoms with Gasteiger partial charge in [-0.2, -0.15) is 0 Å². The average molecular weight is 209 g/mol. The zero-order chi connectivity index (χ0) is 10.8. The summed E-state index contributed by atoms with van der Waals surface area (Å²) in [5, 5.41) is 4.34. The SMILES string of the molecule is c1ccc(Nc2cc3ccccc3o2)cc1. The monoisotopic (exact) mass is 209 g/mol. The smallest absolute Gasteiger partial charge is 0.198 e. The van der Waals surface area contributed by atoms with Gasteiger partial charge in [0.1, 0.15) is 5.58 Å². The summed E-state index contributed by atoms with van der Waals surface area (Å²) >= 11 is 0. The van der Waals surface area contributed by atoms with E-state index < -0.39 is 0 Å². The molecule has 16 heavy (non-hydrogen) atoms. The lowest BCUT2D eigenvalue weighted by Gasteiger charge is -2.00. The Bertz CT molecular complexity index is 565. The molecule has 2 heteroatoms. The van der Waals surface area contributed by atoms with Gasteiger partial charge < -0.3 is 9.73 Å². The van der Waals surface area contributed by atoms with E-state index in [-0.39, 0.29) is 0 Å². The highest BCUT2D eigenvalue weighted by Crippen LogP contribution is 2.25. The van der Waals surface area contributed by atoms with Gasteiger partial charge in [-0.15, -0.1) is 0 Å². The first-order valence-corrected chi connectivity index (χ1v) is 5.22. The van der Waals surface area contributed by atoms with Crippen molar-refractivity contribution < 1.29 is 4.42 Å². The van der Waals surface area contributed by atoms with Gasteiger partial charge in [0.2, 0.25) is 0 Å². The third-order valence-corrected chi connectivity index (χ3v) is 2.47. The molecule has 3 rings (SSSR count). The molecule has 0 unspecified atom stereocenters. The Kier molecular flexibility index (Phi) is 2.11. The van der Waals surface area contributed by atoms with E-state index in [1.807, 2.05) is 60.7 Å². The molecule has 78 valence electrons. The molecule has 0 amide bonds. The van der Waals surface area contributed by atoms with Crippen LogP contribution in [-0.2, 0) is 0 Å². The summed E-state index contributed by atoms with van der Waals surface area (Å²) in [5.74, 6) is 0.771. The van der Waals surface area contributed by atoms with E-state index in [1.54, 1.807) is 0 Å². The van der Waals surface area contributed by atoms with Crippen LogP contribution in [0.2, 0.25) is 0 Å². The zero-order valence-corrected chi connectivity index (χ0v) is 8.68. The first-order chi connectivity index (χ1) is 7.92. The second kappa shape index (κ2) is 3.74. The lowest BCUT2D eigenvalue weighted by Crippen LogP contribution is -1.85. The first-order valence-electron chi connectivity index (χ1n) is 5.22. The van der Waals surface area contributed by atoms with E-state index in [2.05, 4.69) is 5.32 Å². The Morgan fingerprint density at radius 1 is 0.812 bits per heavy atom. The lowest BCUT2D eigenvalue weighted by molar-refractivity contribution is 0.634. The molecule has 3 aromatic rings. The molecular formula is C14H11NO. The van der Waals surface area contributed by atoms with Gasteiger partial charge in [0.15, 0.2) is 5.88 Å². The maximum atomic E-state index is 5.66. The largest absolute Gasteiger partial charge is 0.440 e. The molecule has 0 bridgehead atoms. The van der Waals surface area contributed by atoms with E-state index in [0.717, 1.165) is 22.5 Å². The van der Waals surface area contributed by atoms with Gasteiger partial charge in [-0.05, 0) is 18.2 Å². The van der Waals surface area contributed by atoms with Crippen LogP contribution < -0.4 is 5.32 Å². The van der Waals surface area contributed by atoms with Crippen molar-refractivity contribution in [3.8, 4) is 0 Å². The second-order valence-electron chi connectivity index (χ2n) is 3.64. The number of furan rings is 1. The fourth-order valence-corrected chi connectivity index (χ4v) is 1.71. The van der Waals surface area contributed by atoms with E-state index in [9.17, 15) is 0 Å². The number of anilines is 2. The minimum atomic E-state index is 0.771. The van der Waals surface area contributed by atoms with Crippen molar-refractivity contribution in [3.63, 3.8) is 0 Å². The Morgan fingerprint density at radius 2 is 1.56 bits per heavy atom. The van der Waals surface area contributed by atoms with Crippen LogP contribution in [0.25, 0.3) is 11.0 Å². The van der Waals surface area contributed by atoms with E-state index >= 15 is 0 Å². The summed E-state index contributed by atoms with van der Waals surface area (Å²) < 4.78 is 5.66. The molecule has 0 radical (unpaired) electrons. The van der Waals surface area contributed by atoms with E-state index in [4.69, 9.17) is 4.42 Å². The van der Waals surface area contributed by atoms with Crippen LogP contribution in [0.4, 0.5) is 11.6 Å². The minimum Gasteiger partial charge on any atom is -0.440 e. The van der Waals surface area contributed by atoms with Gasteiger partial charge in [0.05, 0.1) is 0 Å². The van der Waals surface area contributed by atoms with Crippen LogP contribution in [0.3, 0.4) is 0 Å². The fourth-order valence-electron chi connectivity index (χ4n) is 1.71. The summed E-state index contributed by atoms with van der Waals surface area (Å²) in [6, 6.07) is 20.0. The van der Waals surface area contributed by atoms with Gasteiger partial charge >= 0.3 is 0 Å². The maximum Gasteiger partial charge on any atom is 0.198 e. The highest BCUT2D eigenvalue weighted by atomic mass is 16.3. The van der Waals surface area contributed by atoms with Gasteiger partial charge in [-0.25, -0.2) is 0 Å². The topological polar surface area (TPSA) is 25.2 Å². The molecule has 0 spiro atoms. The summed E-state index contributed by atoms with van der Waals surface area (Å²) in [6.07, 6.45) is 0. The van der Waals surface area contributed by atoms with Crippen LogP contribution >= 0.6 is 0 Å². The van der Waals surface area contributed by atoms with Crippen molar-refractivity contribution in [2.75, 3.05) is 5.32 Å². The van der Waals surface area contributed by atoms with Crippen LogP contribution in [0.5, 0.6) is 0 Å². The first kappa shape index (κ1) is 9.04. The molecule has 0 saturated heterocycles. The summed E-state index contributed by atoms with van der Waals surface area (Å²) in [5.41, 5.74) is 1.93. The standard InChI is InChI=1S/C14H11NO/c1-2-7-12(8-3-1)15-14-10-11-6-4-5-9-13(11)16-14/h1-10,15H. The molecule has 0 atom stereocenters. The number of hydrogen-bond acceptors (Lipinski definition) is 2. The van der Waals surface area contributed by atoms with Gasteiger partial charge in [0, 0.05) is 17.1 Å². The van der Waals surface area contributed by atoms with Crippen molar-refractivity contribution in [1.29, 1.82) is 0 Å². The Balaban J connectivity index is 1.95. The maximum absolute atomic E-state index is 5.66. The highest BCUT2D eigenvalue weighted by molar-refractivity contribution is 5.81. The van der Waals surface area contributed by atoms with E-state index in [0.29, 0.717) is 0 Å². The molecule has 1 aromatic heterocycles. The Hall–Kier alpha value is -2.22. The van der Waals surface area contributed by atoms with E-state index in [1.165, 1.54) is 0 Å². The molecule has 0 fully saturated rings. The van der Waals surface area contributed by atoms with Gasteiger partial charge in [-0.1, -0.05) is 36.4 Å². The van der Waals surface area contributed by atoms with Crippen molar-refractivity contribution >= 4 is 22.5 Å². The quantitative estimate of drug-likeness (QED) is 0.685. The predicted octanol–water partition coefficient (Wildman–Crippen LogP) is 4.18. The van der Waals surface area contributed by atoms with Crippen LogP contribution in [0.1, 0.15) is 0 Å². The molecule has 0 aliphatic rings. The fraction of sp³-hybridized carbons (Fsp3) is 0.